The molecule has 110 valence electrons. The van der Waals surface area contributed by atoms with E-state index in [1.165, 1.54) is 0 Å². The van der Waals surface area contributed by atoms with Crippen molar-refractivity contribution in [2.24, 2.45) is 0 Å². The van der Waals surface area contributed by atoms with Crippen molar-refractivity contribution in [2.45, 2.75) is 44.8 Å². The van der Waals surface area contributed by atoms with Crippen molar-refractivity contribution >= 4 is 5.97 Å². The number of carboxylic acids is 1. The molecule has 0 radical (unpaired) electrons. The molecule has 4 nitrogen and oxygen atoms in total. The highest BCUT2D eigenvalue weighted by atomic mass is 19.1. The molecule has 20 heavy (non-hydrogen) atoms. The van der Waals surface area contributed by atoms with E-state index in [2.05, 4.69) is 5.32 Å². The lowest BCUT2D eigenvalue weighted by Gasteiger charge is -2.25. The van der Waals surface area contributed by atoms with E-state index in [-0.39, 0.29) is 17.7 Å². The number of benzene rings is 1. The van der Waals surface area contributed by atoms with Crippen molar-refractivity contribution in [2.75, 3.05) is 6.54 Å². The van der Waals surface area contributed by atoms with Crippen LogP contribution in [0.2, 0.25) is 0 Å². The molecule has 1 aromatic rings. The molecule has 5 heteroatoms. The zero-order valence-electron chi connectivity index (χ0n) is 11.8. The van der Waals surface area contributed by atoms with Gasteiger partial charge >= 0.3 is 5.97 Å². The van der Waals surface area contributed by atoms with Gasteiger partial charge in [0, 0.05) is 6.42 Å². The Kier molecular flexibility index (Phi) is 4.28. The number of hydrogen-bond donors (Lipinski definition) is 2. The van der Waals surface area contributed by atoms with Crippen LogP contribution in [0, 0.1) is 12.7 Å². The van der Waals surface area contributed by atoms with Gasteiger partial charge in [-0.3, -0.25) is 4.79 Å². The minimum Gasteiger partial charge on any atom is -0.487 e. The second kappa shape index (κ2) is 5.79. The van der Waals surface area contributed by atoms with Crippen molar-refractivity contribution in [3.05, 3.63) is 29.6 Å². The standard InChI is InChI=1S/C15H20FNO3/c1-3-17-15(14(18)19)8-7-11(9-15)20-12-6-4-5-10(2)13(12)16/h4-6,11,17H,3,7-9H2,1-2H3,(H,18,19). The van der Waals surface area contributed by atoms with Gasteiger partial charge in [-0.25, -0.2) is 4.39 Å². The highest BCUT2D eigenvalue weighted by Gasteiger charge is 2.46. The topological polar surface area (TPSA) is 58.6 Å². The van der Waals surface area contributed by atoms with Gasteiger partial charge in [-0.15, -0.1) is 0 Å². The van der Waals surface area contributed by atoms with Gasteiger partial charge in [-0.05, 0) is 37.9 Å². The number of hydrogen-bond acceptors (Lipinski definition) is 3. The molecule has 0 bridgehead atoms. The maximum Gasteiger partial charge on any atom is 0.324 e. The Labute approximate surface area is 117 Å². The molecular formula is C15H20FNO3. The Morgan fingerprint density at radius 1 is 1.60 bits per heavy atom. The monoisotopic (exact) mass is 281 g/mol. The fourth-order valence-corrected chi connectivity index (χ4v) is 2.76. The van der Waals surface area contributed by atoms with E-state index in [1.54, 1.807) is 25.1 Å². The Hall–Kier alpha value is -1.62. The molecular weight excluding hydrogens is 261 g/mol. The van der Waals surface area contributed by atoms with E-state index >= 15 is 0 Å². The van der Waals surface area contributed by atoms with Crippen molar-refractivity contribution in [3.63, 3.8) is 0 Å². The minimum atomic E-state index is -0.945. The first-order chi connectivity index (χ1) is 9.48. The van der Waals surface area contributed by atoms with Crippen LogP contribution in [-0.4, -0.2) is 29.3 Å². The number of ether oxygens (including phenoxy) is 1. The van der Waals surface area contributed by atoms with Crippen LogP contribution < -0.4 is 10.1 Å². The molecule has 2 atom stereocenters. The van der Waals surface area contributed by atoms with E-state index in [9.17, 15) is 14.3 Å². The number of carbonyl (C=O) groups is 1. The Morgan fingerprint density at radius 2 is 2.35 bits per heavy atom. The lowest BCUT2D eigenvalue weighted by Crippen LogP contribution is -2.50. The SMILES string of the molecule is CCNC1(C(=O)O)CCC(Oc2cccc(C)c2F)C1. The quantitative estimate of drug-likeness (QED) is 0.870. The second-order valence-corrected chi connectivity index (χ2v) is 5.29. The third-order valence-corrected chi connectivity index (χ3v) is 3.84. The van der Waals surface area contributed by atoms with Gasteiger partial charge in [0.05, 0.1) is 0 Å². The summed E-state index contributed by atoms with van der Waals surface area (Å²) in [6.45, 7) is 4.13. The fourth-order valence-electron chi connectivity index (χ4n) is 2.76. The zero-order chi connectivity index (χ0) is 14.8. The van der Waals surface area contributed by atoms with Gasteiger partial charge in [-0.1, -0.05) is 19.1 Å². The average Bonchev–Trinajstić information content (AvgIpc) is 2.80. The van der Waals surface area contributed by atoms with Gasteiger partial charge in [0.1, 0.15) is 11.6 Å². The molecule has 1 saturated carbocycles. The normalized spacial score (nSPS) is 25.6. The van der Waals surface area contributed by atoms with Crippen molar-refractivity contribution in [3.8, 4) is 5.75 Å². The number of aryl methyl sites for hydroxylation is 1. The summed E-state index contributed by atoms with van der Waals surface area (Å²) >= 11 is 0. The van der Waals surface area contributed by atoms with Crippen LogP contribution in [0.15, 0.2) is 18.2 Å². The minimum absolute atomic E-state index is 0.202. The summed E-state index contributed by atoms with van der Waals surface area (Å²) in [6, 6.07) is 4.99. The first-order valence-corrected chi connectivity index (χ1v) is 6.88. The van der Waals surface area contributed by atoms with Crippen LogP contribution in [0.4, 0.5) is 4.39 Å². The largest absolute Gasteiger partial charge is 0.487 e. The van der Waals surface area contributed by atoms with Gasteiger partial charge in [0.2, 0.25) is 0 Å². The first-order valence-electron chi connectivity index (χ1n) is 6.88. The maximum absolute atomic E-state index is 13.9. The predicted octanol–water partition coefficient (Wildman–Crippen LogP) is 2.50. The Balaban J connectivity index is 2.09. The van der Waals surface area contributed by atoms with E-state index in [1.807, 2.05) is 6.92 Å². The summed E-state index contributed by atoms with van der Waals surface area (Å²) < 4.78 is 19.6. The van der Waals surface area contributed by atoms with Crippen LogP contribution in [0.25, 0.3) is 0 Å². The number of likely N-dealkylation sites (N-methyl/N-ethyl adjacent to an activating group) is 1. The highest BCUT2D eigenvalue weighted by molar-refractivity contribution is 5.79. The fraction of sp³-hybridized carbons (Fsp3) is 0.533. The van der Waals surface area contributed by atoms with Crippen molar-refractivity contribution < 1.29 is 19.0 Å². The summed E-state index contributed by atoms with van der Waals surface area (Å²) in [5.41, 5.74) is -0.420. The third kappa shape index (κ3) is 2.77. The van der Waals surface area contributed by atoms with Crippen molar-refractivity contribution in [1.82, 2.24) is 5.32 Å². The van der Waals surface area contributed by atoms with Crippen LogP contribution in [0.1, 0.15) is 31.7 Å². The molecule has 2 rings (SSSR count). The van der Waals surface area contributed by atoms with E-state index in [0.29, 0.717) is 31.4 Å². The molecule has 2 unspecified atom stereocenters. The average molecular weight is 281 g/mol. The zero-order valence-corrected chi connectivity index (χ0v) is 11.8. The lowest BCUT2D eigenvalue weighted by atomic mass is 9.98. The highest BCUT2D eigenvalue weighted by Crippen LogP contribution is 2.34. The van der Waals surface area contributed by atoms with Crippen LogP contribution in [0.5, 0.6) is 5.75 Å². The van der Waals surface area contributed by atoms with Gasteiger partial charge < -0.3 is 15.2 Å². The summed E-state index contributed by atoms with van der Waals surface area (Å²) in [4.78, 5) is 11.4. The van der Waals surface area contributed by atoms with Crippen molar-refractivity contribution in [1.29, 1.82) is 0 Å². The maximum atomic E-state index is 13.9. The number of aliphatic carboxylic acids is 1. The lowest BCUT2D eigenvalue weighted by molar-refractivity contribution is -0.144. The van der Waals surface area contributed by atoms with Crippen LogP contribution in [0.3, 0.4) is 0 Å². The van der Waals surface area contributed by atoms with Gasteiger partial charge in [0.15, 0.2) is 11.6 Å². The molecule has 0 aliphatic heterocycles. The molecule has 0 heterocycles. The van der Waals surface area contributed by atoms with Gasteiger partial charge in [-0.2, -0.15) is 0 Å². The first kappa shape index (κ1) is 14.8. The molecule has 1 aromatic carbocycles. The van der Waals surface area contributed by atoms with Crippen LogP contribution in [-0.2, 0) is 4.79 Å². The predicted molar refractivity (Wildman–Crippen MR) is 73.4 cm³/mol. The second-order valence-electron chi connectivity index (χ2n) is 5.29. The van der Waals surface area contributed by atoms with Gasteiger partial charge in [0.25, 0.3) is 0 Å². The molecule has 1 fully saturated rings. The summed E-state index contributed by atoms with van der Waals surface area (Å²) in [5, 5.41) is 12.4. The third-order valence-electron chi connectivity index (χ3n) is 3.84. The molecule has 1 aliphatic rings. The number of carboxylic acid groups (broad SMARTS) is 1. The Bertz CT molecular complexity index is 506. The van der Waals surface area contributed by atoms with E-state index in [0.717, 1.165) is 0 Å². The number of rotatable bonds is 5. The molecule has 1 aliphatic carbocycles. The van der Waals surface area contributed by atoms with Crippen LogP contribution >= 0.6 is 0 Å². The molecule has 0 spiro atoms. The van der Waals surface area contributed by atoms with E-state index in [4.69, 9.17) is 4.74 Å². The molecule has 0 aromatic heterocycles. The summed E-state index contributed by atoms with van der Waals surface area (Å²) in [5.74, 6) is -1.04. The Morgan fingerprint density at radius 3 is 3.00 bits per heavy atom. The molecule has 0 amide bonds. The summed E-state index contributed by atoms with van der Waals surface area (Å²) in [7, 11) is 0. The summed E-state index contributed by atoms with van der Waals surface area (Å²) in [6.07, 6.45) is 1.17. The number of halogens is 1. The smallest absolute Gasteiger partial charge is 0.324 e. The molecule has 2 N–H and O–H groups in total. The number of nitrogens with one attached hydrogen (secondary N) is 1. The van der Waals surface area contributed by atoms with E-state index < -0.39 is 11.5 Å². The molecule has 0 saturated heterocycles.